The minimum absolute atomic E-state index is 0.0258. The zero-order valence-corrected chi connectivity index (χ0v) is 18.9. The van der Waals surface area contributed by atoms with Crippen molar-refractivity contribution in [3.8, 4) is 11.5 Å². The maximum Gasteiger partial charge on any atom is 0.184 e. The molecule has 0 fully saturated rings. The quantitative estimate of drug-likeness (QED) is 0.339. The van der Waals surface area contributed by atoms with Crippen molar-refractivity contribution in [3.63, 3.8) is 0 Å². The highest BCUT2D eigenvalue weighted by Crippen LogP contribution is 2.16. The summed E-state index contributed by atoms with van der Waals surface area (Å²) in [6, 6.07) is 19.8. The molecule has 0 aliphatic heterocycles. The molecular formula is C27H26N2O4. The van der Waals surface area contributed by atoms with Crippen molar-refractivity contribution in [2.24, 2.45) is 9.98 Å². The molecule has 0 heterocycles. The fourth-order valence-electron chi connectivity index (χ4n) is 3.08. The lowest BCUT2D eigenvalue weighted by atomic mass is 10.1. The van der Waals surface area contributed by atoms with Crippen molar-refractivity contribution in [2.75, 3.05) is 27.3 Å². The van der Waals surface area contributed by atoms with Crippen LogP contribution >= 0.6 is 0 Å². The standard InChI is InChI=1S/C27H26N2O4/c1-19-4-6-22(7-5-19)26(30)17-28-15-20-12-21(14-25(13-20)33-3)16-29-18-27(31)23-8-10-24(32-2)11-9-23/h4-16H,17-18H2,1-3H3. The second kappa shape index (κ2) is 11.5. The molecule has 0 amide bonds. The summed E-state index contributed by atoms with van der Waals surface area (Å²) in [7, 11) is 3.15. The Morgan fingerprint density at radius 3 is 1.61 bits per heavy atom. The average Bonchev–Trinajstić information content (AvgIpc) is 2.84. The van der Waals surface area contributed by atoms with Crippen LogP contribution in [0.3, 0.4) is 0 Å². The van der Waals surface area contributed by atoms with E-state index in [2.05, 4.69) is 9.98 Å². The minimum atomic E-state index is -0.0896. The number of aliphatic imine (C=N–C) groups is 2. The molecule has 3 rings (SSSR count). The molecule has 0 unspecified atom stereocenters. The zero-order chi connectivity index (χ0) is 23.6. The predicted octanol–water partition coefficient (Wildman–Crippen LogP) is 4.62. The lowest BCUT2D eigenvalue weighted by molar-refractivity contribution is 0.0994. The average molecular weight is 443 g/mol. The molecular weight excluding hydrogens is 416 g/mol. The van der Waals surface area contributed by atoms with E-state index >= 15 is 0 Å². The molecule has 0 radical (unpaired) electrons. The number of carbonyl (C=O) groups is 2. The number of ether oxygens (including phenoxy) is 2. The van der Waals surface area contributed by atoms with Crippen molar-refractivity contribution in [1.82, 2.24) is 0 Å². The summed E-state index contributed by atoms with van der Waals surface area (Å²) in [6.07, 6.45) is 3.26. The summed E-state index contributed by atoms with van der Waals surface area (Å²) in [4.78, 5) is 33.2. The van der Waals surface area contributed by atoms with Gasteiger partial charge in [-0.2, -0.15) is 0 Å². The maximum atomic E-state index is 12.3. The summed E-state index contributed by atoms with van der Waals surface area (Å²) < 4.78 is 10.5. The SMILES string of the molecule is COc1ccc(C(=O)CN=Cc2cc(C=NCC(=O)c3ccc(C)cc3)cc(OC)c2)cc1. The number of rotatable bonds is 10. The van der Waals surface area contributed by atoms with Gasteiger partial charge in [0.1, 0.15) is 24.6 Å². The Morgan fingerprint density at radius 1 is 0.697 bits per heavy atom. The molecule has 0 bridgehead atoms. The van der Waals surface area contributed by atoms with Crippen molar-refractivity contribution >= 4 is 24.0 Å². The fourth-order valence-corrected chi connectivity index (χ4v) is 3.08. The van der Waals surface area contributed by atoms with Crippen LogP contribution in [0.15, 0.2) is 76.7 Å². The van der Waals surface area contributed by atoms with Crippen LogP contribution in [0.1, 0.15) is 37.4 Å². The molecule has 0 aliphatic carbocycles. The smallest absolute Gasteiger partial charge is 0.184 e. The maximum absolute atomic E-state index is 12.3. The van der Waals surface area contributed by atoms with Gasteiger partial charge in [0.25, 0.3) is 0 Å². The zero-order valence-electron chi connectivity index (χ0n) is 18.9. The molecule has 168 valence electrons. The number of hydrogen-bond acceptors (Lipinski definition) is 6. The van der Waals surface area contributed by atoms with Gasteiger partial charge in [-0.15, -0.1) is 0 Å². The van der Waals surface area contributed by atoms with E-state index in [-0.39, 0.29) is 24.7 Å². The topological polar surface area (TPSA) is 77.3 Å². The van der Waals surface area contributed by atoms with Gasteiger partial charge in [0.15, 0.2) is 11.6 Å². The normalized spacial score (nSPS) is 11.1. The third-order valence-corrected chi connectivity index (χ3v) is 4.92. The van der Waals surface area contributed by atoms with E-state index in [4.69, 9.17) is 9.47 Å². The van der Waals surface area contributed by atoms with Gasteiger partial charge >= 0.3 is 0 Å². The van der Waals surface area contributed by atoms with Crippen LogP contribution in [0, 0.1) is 6.92 Å². The lowest BCUT2D eigenvalue weighted by Crippen LogP contribution is -2.04. The Hall–Kier alpha value is -4.06. The first-order valence-electron chi connectivity index (χ1n) is 10.4. The number of carbonyl (C=O) groups excluding carboxylic acids is 2. The van der Waals surface area contributed by atoms with E-state index in [1.165, 1.54) is 0 Å². The van der Waals surface area contributed by atoms with Gasteiger partial charge in [0.05, 0.1) is 14.2 Å². The van der Waals surface area contributed by atoms with E-state index in [0.717, 1.165) is 16.7 Å². The molecule has 3 aromatic rings. The summed E-state index contributed by atoms with van der Waals surface area (Å²) in [5.41, 5.74) is 3.85. The molecule has 0 aromatic heterocycles. The van der Waals surface area contributed by atoms with E-state index in [1.807, 2.05) is 37.3 Å². The van der Waals surface area contributed by atoms with Gasteiger partial charge in [0.2, 0.25) is 0 Å². The van der Waals surface area contributed by atoms with Crippen LogP contribution in [0.25, 0.3) is 0 Å². The summed E-state index contributed by atoms with van der Waals surface area (Å²) in [6.45, 7) is 2.06. The molecule has 3 aromatic carbocycles. The van der Waals surface area contributed by atoms with E-state index in [1.54, 1.807) is 63.0 Å². The molecule has 0 saturated heterocycles. The molecule has 33 heavy (non-hydrogen) atoms. The Bertz CT molecular complexity index is 1160. The van der Waals surface area contributed by atoms with Gasteiger partial charge in [-0.25, -0.2) is 0 Å². The molecule has 0 spiro atoms. The Morgan fingerprint density at radius 2 is 1.15 bits per heavy atom. The number of ketones is 2. The van der Waals surface area contributed by atoms with Crippen LogP contribution < -0.4 is 9.47 Å². The van der Waals surface area contributed by atoms with Gasteiger partial charge < -0.3 is 9.47 Å². The van der Waals surface area contributed by atoms with Crippen LogP contribution in [0.2, 0.25) is 0 Å². The molecule has 6 heteroatoms. The van der Waals surface area contributed by atoms with Crippen molar-refractivity contribution in [1.29, 1.82) is 0 Å². The van der Waals surface area contributed by atoms with E-state index in [9.17, 15) is 9.59 Å². The molecule has 0 atom stereocenters. The van der Waals surface area contributed by atoms with Crippen LogP contribution in [-0.4, -0.2) is 51.3 Å². The number of benzene rings is 3. The van der Waals surface area contributed by atoms with Gasteiger partial charge in [-0.05, 0) is 60.5 Å². The summed E-state index contributed by atoms with van der Waals surface area (Å²) in [5.74, 6) is 1.19. The number of methoxy groups -OCH3 is 2. The number of hydrogen-bond donors (Lipinski definition) is 0. The van der Waals surface area contributed by atoms with E-state index in [0.29, 0.717) is 22.6 Å². The minimum Gasteiger partial charge on any atom is -0.497 e. The third kappa shape index (κ3) is 6.97. The first kappa shape index (κ1) is 23.6. The Balaban J connectivity index is 1.64. The second-order valence-corrected chi connectivity index (χ2v) is 7.42. The van der Waals surface area contributed by atoms with Gasteiger partial charge in [-0.1, -0.05) is 29.8 Å². The Kier molecular flexibility index (Phi) is 8.24. The van der Waals surface area contributed by atoms with E-state index < -0.39 is 0 Å². The molecule has 0 N–H and O–H groups in total. The van der Waals surface area contributed by atoms with Crippen LogP contribution in [0.4, 0.5) is 0 Å². The number of Topliss-reactive ketones (excluding diaryl/α,β-unsaturated/α-hetero) is 2. The first-order valence-corrected chi connectivity index (χ1v) is 10.4. The van der Waals surface area contributed by atoms with Crippen LogP contribution in [0.5, 0.6) is 11.5 Å². The predicted molar refractivity (Wildman–Crippen MR) is 131 cm³/mol. The monoisotopic (exact) mass is 442 g/mol. The molecule has 0 aliphatic rings. The first-order chi connectivity index (χ1) is 16.0. The second-order valence-electron chi connectivity index (χ2n) is 7.42. The van der Waals surface area contributed by atoms with Crippen LogP contribution in [-0.2, 0) is 0 Å². The lowest BCUT2D eigenvalue weighted by Gasteiger charge is -2.04. The highest BCUT2D eigenvalue weighted by molar-refractivity contribution is 6.00. The van der Waals surface area contributed by atoms with Crippen molar-refractivity contribution in [3.05, 3.63) is 94.5 Å². The highest BCUT2D eigenvalue weighted by Gasteiger charge is 2.06. The molecule has 0 saturated carbocycles. The highest BCUT2D eigenvalue weighted by atomic mass is 16.5. The summed E-state index contributed by atoms with van der Waals surface area (Å²) in [5, 5.41) is 0. The molecule has 6 nitrogen and oxygen atoms in total. The third-order valence-electron chi connectivity index (χ3n) is 4.92. The van der Waals surface area contributed by atoms with Gasteiger partial charge in [0, 0.05) is 23.6 Å². The Labute approximate surface area is 193 Å². The van der Waals surface area contributed by atoms with Gasteiger partial charge in [-0.3, -0.25) is 19.6 Å². The van der Waals surface area contributed by atoms with Crippen molar-refractivity contribution in [2.45, 2.75) is 6.92 Å². The van der Waals surface area contributed by atoms with Crippen molar-refractivity contribution < 1.29 is 19.1 Å². The number of aryl methyl sites for hydroxylation is 1. The summed E-state index contributed by atoms with van der Waals surface area (Å²) >= 11 is 0. The number of nitrogens with zero attached hydrogens (tertiary/aromatic N) is 2. The fraction of sp³-hybridized carbons (Fsp3) is 0.185. The largest absolute Gasteiger partial charge is 0.497 e.